The second-order valence-corrected chi connectivity index (χ2v) is 17.2. The number of anilines is 3. The average molecular weight is 840 g/mol. The highest BCUT2D eigenvalue weighted by atomic mass is 16.3. The molecule has 308 valence electrons. The van der Waals surface area contributed by atoms with Crippen molar-refractivity contribution >= 4 is 82.1 Å². The van der Waals surface area contributed by atoms with E-state index in [0.717, 1.165) is 55.5 Å². The van der Waals surface area contributed by atoms with Crippen LogP contribution in [-0.2, 0) is 0 Å². The summed E-state index contributed by atoms with van der Waals surface area (Å²) in [7, 11) is 0. The molecule has 0 bridgehead atoms. The molecule has 0 spiro atoms. The molecule has 0 unspecified atom stereocenters. The summed E-state index contributed by atoms with van der Waals surface area (Å²) in [5.41, 5.74) is 14.5. The summed E-state index contributed by atoms with van der Waals surface area (Å²) >= 11 is 0. The van der Waals surface area contributed by atoms with Gasteiger partial charge in [0, 0.05) is 33.2 Å². The van der Waals surface area contributed by atoms with Gasteiger partial charge < -0.3 is 9.32 Å². The maximum absolute atomic E-state index is 6.61. The smallest absolute Gasteiger partial charge is 0.143 e. The van der Waals surface area contributed by atoms with Crippen molar-refractivity contribution in [1.82, 2.24) is 0 Å². The fourth-order valence-corrected chi connectivity index (χ4v) is 10.4. The van der Waals surface area contributed by atoms with Crippen molar-refractivity contribution in [3.05, 3.63) is 249 Å². The van der Waals surface area contributed by atoms with Crippen LogP contribution >= 0.6 is 0 Å². The van der Waals surface area contributed by atoms with Crippen LogP contribution in [0.5, 0.6) is 0 Å². The zero-order chi connectivity index (χ0) is 43.6. The zero-order valence-electron chi connectivity index (χ0n) is 36.0. The molecule has 0 radical (unpaired) electrons. The first-order chi connectivity index (χ1) is 32.7. The van der Waals surface area contributed by atoms with Crippen LogP contribution < -0.4 is 4.90 Å². The number of furan rings is 1. The molecule has 0 saturated carbocycles. The Bertz CT molecular complexity index is 3970. The number of hydrogen-bond donors (Lipinski definition) is 0. The van der Waals surface area contributed by atoms with Crippen molar-refractivity contribution in [3.63, 3.8) is 0 Å². The van der Waals surface area contributed by atoms with Crippen LogP contribution in [0.3, 0.4) is 0 Å². The van der Waals surface area contributed by atoms with E-state index in [9.17, 15) is 0 Å². The SMILES string of the molecule is c1ccc(-c2c(-c3ccccc3)c3cc(N(c4ccc(-c5cccc6oc7c8ccccc8ccc7c56)cc4)c4cccc(-c5cccc6ccccc56)c4)ccc3c3ccccc23)cc1. The van der Waals surface area contributed by atoms with Crippen molar-refractivity contribution in [2.45, 2.75) is 0 Å². The molecule has 0 aliphatic rings. The first-order valence-electron chi connectivity index (χ1n) is 22.7. The van der Waals surface area contributed by atoms with Crippen molar-refractivity contribution in [1.29, 1.82) is 0 Å². The molecular weight excluding hydrogens is 799 g/mol. The van der Waals surface area contributed by atoms with Gasteiger partial charge in [0.1, 0.15) is 11.2 Å². The van der Waals surface area contributed by atoms with E-state index in [0.29, 0.717) is 0 Å². The van der Waals surface area contributed by atoms with E-state index >= 15 is 0 Å². The molecule has 13 aromatic rings. The molecule has 0 amide bonds. The molecule has 0 aliphatic heterocycles. The highest BCUT2D eigenvalue weighted by molar-refractivity contribution is 6.22. The van der Waals surface area contributed by atoms with Crippen LogP contribution in [0.25, 0.3) is 110 Å². The Morgan fingerprint density at radius 2 is 0.803 bits per heavy atom. The molecule has 66 heavy (non-hydrogen) atoms. The van der Waals surface area contributed by atoms with Crippen LogP contribution in [0, 0.1) is 0 Å². The fraction of sp³-hybridized carbons (Fsp3) is 0. The number of benzene rings is 12. The van der Waals surface area contributed by atoms with Crippen molar-refractivity contribution in [2.24, 2.45) is 0 Å². The molecular formula is C64H41NO. The third kappa shape index (κ3) is 6.18. The van der Waals surface area contributed by atoms with E-state index in [1.807, 2.05) is 0 Å². The van der Waals surface area contributed by atoms with E-state index in [1.54, 1.807) is 0 Å². The first-order valence-corrected chi connectivity index (χ1v) is 22.7. The number of hydrogen-bond acceptors (Lipinski definition) is 2. The van der Waals surface area contributed by atoms with Gasteiger partial charge in [0.2, 0.25) is 0 Å². The summed E-state index contributed by atoms with van der Waals surface area (Å²) in [5, 5.41) is 11.9. The third-order valence-corrected chi connectivity index (χ3v) is 13.4. The van der Waals surface area contributed by atoms with Gasteiger partial charge in [0.15, 0.2) is 0 Å². The Morgan fingerprint density at radius 3 is 1.58 bits per heavy atom. The van der Waals surface area contributed by atoms with Gasteiger partial charge in [0.25, 0.3) is 0 Å². The van der Waals surface area contributed by atoms with E-state index in [-0.39, 0.29) is 0 Å². The Morgan fingerprint density at radius 1 is 0.273 bits per heavy atom. The maximum atomic E-state index is 6.61. The zero-order valence-corrected chi connectivity index (χ0v) is 36.0. The lowest BCUT2D eigenvalue weighted by molar-refractivity contribution is 0.673. The number of fused-ring (bicyclic) bond motifs is 9. The Hall–Kier alpha value is -8.72. The van der Waals surface area contributed by atoms with Crippen molar-refractivity contribution in [3.8, 4) is 44.5 Å². The molecule has 0 atom stereocenters. The van der Waals surface area contributed by atoms with Gasteiger partial charge >= 0.3 is 0 Å². The predicted octanol–water partition coefficient (Wildman–Crippen LogP) is 18.3. The summed E-state index contributed by atoms with van der Waals surface area (Å²) in [5.74, 6) is 0. The van der Waals surface area contributed by atoms with Gasteiger partial charge in [-0.2, -0.15) is 0 Å². The lowest BCUT2D eigenvalue weighted by Gasteiger charge is -2.27. The average Bonchev–Trinajstić information content (AvgIpc) is 3.79. The second-order valence-electron chi connectivity index (χ2n) is 17.2. The highest BCUT2D eigenvalue weighted by Gasteiger charge is 2.22. The molecule has 12 aromatic carbocycles. The van der Waals surface area contributed by atoms with E-state index in [2.05, 4.69) is 254 Å². The normalized spacial score (nSPS) is 11.6. The van der Waals surface area contributed by atoms with Crippen LogP contribution in [0.1, 0.15) is 0 Å². The fourth-order valence-electron chi connectivity index (χ4n) is 10.4. The molecule has 2 heteroatoms. The van der Waals surface area contributed by atoms with Crippen LogP contribution in [0.2, 0.25) is 0 Å². The largest absolute Gasteiger partial charge is 0.455 e. The van der Waals surface area contributed by atoms with Gasteiger partial charge in [-0.1, -0.05) is 200 Å². The second kappa shape index (κ2) is 15.5. The lowest BCUT2D eigenvalue weighted by atomic mass is 9.85. The van der Waals surface area contributed by atoms with Gasteiger partial charge in [0.05, 0.1) is 0 Å². The molecule has 1 aromatic heterocycles. The standard InChI is InChI=1S/C64H41NO/c1-3-18-45(19-4-1)61-57-28-12-11-27-55(57)56-39-37-50(41-59(56)62(61)46-20-5-2-6-21-46)65(49-24-13-23-47(40-49)52-29-14-22-42-16-7-9-25-51(42)52)48-35-32-44(33-36-48)53-30-15-31-60-63(53)58-38-34-43-17-8-10-26-54(43)64(58)66-60/h1-41H. The van der Waals surface area contributed by atoms with E-state index in [1.165, 1.54) is 71.1 Å². The van der Waals surface area contributed by atoms with Gasteiger partial charge in [-0.25, -0.2) is 0 Å². The molecule has 0 fully saturated rings. The number of nitrogens with zero attached hydrogens (tertiary/aromatic N) is 1. The van der Waals surface area contributed by atoms with Crippen LogP contribution in [-0.4, -0.2) is 0 Å². The molecule has 13 rings (SSSR count). The Labute approximate surface area is 382 Å². The van der Waals surface area contributed by atoms with Gasteiger partial charge in [-0.15, -0.1) is 0 Å². The van der Waals surface area contributed by atoms with Gasteiger partial charge in [-0.05, 0) is 131 Å². The monoisotopic (exact) mass is 839 g/mol. The quantitative estimate of drug-likeness (QED) is 0.149. The van der Waals surface area contributed by atoms with E-state index < -0.39 is 0 Å². The molecule has 1 heterocycles. The number of rotatable bonds is 7. The summed E-state index contributed by atoms with van der Waals surface area (Å²) in [6.45, 7) is 0. The van der Waals surface area contributed by atoms with Crippen LogP contribution in [0.4, 0.5) is 17.1 Å². The topological polar surface area (TPSA) is 16.4 Å². The minimum absolute atomic E-state index is 0.891. The van der Waals surface area contributed by atoms with Crippen LogP contribution in [0.15, 0.2) is 253 Å². The summed E-state index contributed by atoms with van der Waals surface area (Å²) in [4.78, 5) is 2.42. The molecule has 0 N–H and O–H groups in total. The Kier molecular flexibility index (Phi) is 8.89. The lowest BCUT2D eigenvalue weighted by Crippen LogP contribution is -2.10. The predicted molar refractivity (Wildman–Crippen MR) is 280 cm³/mol. The summed E-state index contributed by atoms with van der Waals surface area (Å²) < 4.78 is 6.61. The third-order valence-electron chi connectivity index (χ3n) is 13.4. The summed E-state index contributed by atoms with van der Waals surface area (Å²) in [6, 6.07) is 90.3. The van der Waals surface area contributed by atoms with E-state index in [4.69, 9.17) is 4.42 Å². The Balaban J connectivity index is 1.04. The van der Waals surface area contributed by atoms with Gasteiger partial charge in [-0.3, -0.25) is 0 Å². The minimum atomic E-state index is 0.891. The molecule has 0 aliphatic carbocycles. The first kappa shape index (κ1) is 37.8. The molecule has 0 saturated heterocycles. The highest BCUT2D eigenvalue weighted by Crippen LogP contribution is 2.48. The molecule has 2 nitrogen and oxygen atoms in total. The van der Waals surface area contributed by atoms with Crippen molar-refractivity contribution in [2.75, 3.05) is 4.90 Å². The van der Waals surface area contributed by atoms with Crippen molar-refractivity contribution < 1.29 is 4.42 Å². The maximum Gasteiger partial charge on any atom is 0.143 e. The minimum Gasteiger partial charge on any atom is -0.455 e. The summed E-state index contributed by atoms with van der Waals surface area (Å²) in [6.07, 6.45) is 0.